The van der Waals surface area contributed by atoms with Gasteiger partial charge >= 0.3 is 0 Å². The Labute approximate surface area is 160 Å². The van der Waals surface area contributed by atoms with Gasteiger partial charge in [-0.2, -0.15) is 0 Å². The number of carbonyl (C=O) groups excluding carboxylic acids is 2. The first kappa shape index (κ1) is 18.2. The molecule has 2 unspecified atom stereocenters. The van der Waals surface area contributed by atoms with E-state index in [4.69, 9.17) is 4.74 Å². The minimum atomic E-state index is -1.18. The number of hydrogen-bond acceptors (Lipinski definition) is 8. The highest BCUT2D eigenvalue weighted by Gasteiger charge is 2.43. The number of carbonyl (C=O) groups is 2. The van der Waals surface area contributed by atoms with Gasteiger partial charge in [0.2, 0.25) is 12.0 Å². The van der Waals surface area contributed by atoms with Crippen LogP contribution in [0.1, 0.15) is 24.5 Å². The summed E-state index contributed by atoms with van der Waals surface area (Å²) in [6.45, 7) is 1.92. The number of fused-ring (bicyclic) bond motifs is 1. The minimum Gasteiger partial charge on any atom is -0.393 e. The topological polar surface area (TPSA) is 119 Å². The molecule has 2 aromatic heterocycles. The Balaban J connectivity index is 1.71. The number of ether oxygens (including phenoxy) is 1. The second kappa shape index (κ2) is 7.45. The maximum absolute atomic E-state index is 12.3. The molecule has 0 spiro atoms. The third-order valence-electron chi connectivity index (χ3n) is 4.56. The van der Waals surface area contributed by atoms with Gasteiger partial charge in [-0.05, 0) is 5.56 Å². The number of aromatic nitrogens is 4. The van der Waals surface area contributed by atoms with Crippen molar-refractivity contribution < 1.29 is 19.4 Å². The van der Waals surface area contributed by atoms with Crippen molar-refractivity contribution in [1.29, 1.82) is 0 Å². The number of aliphatic hydroxyl groups excluding tert-OH is 1. The zero-order valence-corrected chi connectivity index (χ0v) is 15.2. The SMILES string of the molecule is CCc1nc(NCc2ccccc2)c2ncn(C3OC(CO)C(=O)C3=O)c2n1. The van der Waals surface area contributed by atoms with Crippen LogP contribution in [-0.2, 0) is 27.3 Å². The van der Waals surface area contributed by atoms with Crippen molar-refractivity contribution in [1.82, 2.24) is 19.5 Å². The van der Waals surface area contributed by atoms with Crippen LogP contribution in [0.5, 0.6) is 0 Å². The van der Waals surface area contributed by atoms with Crippen molar-refractivity contribution in [2.45, 2.75) is 32.2 Å². The van der Waals surface area contributed by atoms with Gasteiger partial charge in [0.15, 0.2) is 17.0 Å². The number of nitrogens with zero attached hydrogens (tertiary/aromatic N) is 4. The van der Waals surface area contributed by atoms with Crippen molar-refractivity contribution in [3.63, 3.8) is 0 Å². The number of aliphatic hydroxyl groups is 1. The lowest BCUT2D eigenvalue weighted by molar-refractivity contribution is -0.136. The third kappa shape index (κ3) is 3.14. The second-order valence-corrected chi connectivity index (χ2v) is 6.39. The first-order valence-electron chi connectivity index (χ1n) is 8.98. The van der Waals surface area contributed by atoms with E-state index in [1.165, 1.54) is 10.9 Å². The molecule has 9 nitrogen and oxygen atoms in total. The summed E-state index contributed by atoms with van der Waals surface area (Å²) in [7, 11) is 0. The number of aryl methyl sites for hydroxylation is 1. The number of Topliss-reactive ketones (excluding diaryl/α,β-unsaturated/α-hetero) is 2. The second-order valence-electron chi connectivity index (χ2n) is 6.39. The summed E-state index contributed by atoms with van der Waals surface area (Å²) in [5.74, 6) is -0.365. The van der Waals surface area contributed by atoms with Crippen LogP contribution in [0.2, 0.25) is 0 Å². The van der Waals surface area contributed by atoms with Crippen molar-refractivity contribution in [2.75, 3.05) is 11.9 Å². The Morgan fingerprint density at radius 1 is 1.18 bits per heavy atom. The predicted molar refractivity (Wildman–Crippen MR) is 99.5 cm³/mol. The molecule has 3 heterocycles. The number of rotatable bonds is 6. The quantitative estimate of drug-likeness (QED) is 0.608. The average molecular weight is 381 g/mol. The molecule has 1 fully saturated rings. The molecule has 1 aromatic carbocycles. The molecule has 2 N–H and O–H groups in total. The molecule has 0 bridgehead atoms. The van der Waals surface area contributed by atoms with Crippen LogP contribution in [0.4, 0.5) is 5.82 Å². The van der Waals surface area contributed by atoms with Gasteiger partial charge < -0.3 is 15.2 Å². The number of hydrogen-bond donors (Lipinski definition) is 2. The van der Waals surface area contributed by atoms with Gasteiger partial charge in [-0.15, -0.1) is 0 Å². The first-order chi connectivity index (χ1) is 13.6. The molecule has 9 heteroatoms. The molecule has 1 aliphatic rings. The summed E-state index contributed by atoms with van der Waals surface area (Å²) < 4.78 is 6.84. The number of benzene rings is 1. The standard InChI is InChI=1S/C19H19N5O4/c1-2-13-22-17(20-8-11-6-4-3-5-7-11)14-18(23-13)24(10-21-14)19-16(27)15(26)12(9-25)28-19/h3-7,10,12,19,25H,2,8-9H2,1H3,(H,20,22,23). The first-order valence-corrected chi connectivity index (χ1v) is 8.98. The predicted octanol–water partition coefficient (Wildman–Crippen LogP) is 1.03. The van der Waals surface area contributed by atoms with Crippen LogP contribution in [0.3, 0.4) is 0 Å². The largest absolute Gasteiger partial charge is 0.393 e. The summed E-state index contributed by atoms with van der Waals surface area (Å²) in [6.07, 6.45) is -0.352. The molecular formula is C19H19N5O4. The molecule has 0 aliphatic carbocycles. The minimum absolute atomic E-state index is 0.396. The van der Waals surface area contributed by atoms with Crippen LogP contribution in [0.25, 0.3) is 11.2 Å². The molecular weight excluding hydrogens is 362 g/mol. The third-order valence-corrected chi connectivity index (χ3v) is 4.56. The number of ketones is 2. The number of nitrogens with one attached hydrogen (secondary N) is 1. The van der Waals surface area contributed by atoms with E-state index in [0.717, 1.165) is 5.56 Å². The molecule has 28 heavy (non-hydrogen) atoms. The monoisotopic (exact) mass is 381 g/mol. The Morgan fingerprint density at radius 2 is 1.96 bits per heavy atom. The maximum atomic E-state index is 12.3. The molecule has 1 saturated heterocycles. The fourth-order valence-corrected chi connectivity index (χ4v) is 3.07. The van der Waals surface area contributed by atoms with E-state index in [2.05, 4.69) is 20.3 Å². The Kier molecular flexibility index (Phi) is 4.84. The van der Waals surface area contributed by atoms with Gasteiger partial charge in [0.1, 0.15) is 11.9 Å². The highest BCUT2D eigenvalue weighted by atomic mass is 16.5. The van der Waals surface area contributed by atoms with E-state index in [1.807, 2.05) is 37.3 Å². The van der Waals surface area contributed by atoms with E-state index in [0.29, 0.717) is 35.8 Å². The molecule has 1 aliphatic heterocycles. The highest BCUT2D eigenvalue weighted by Crippen LogP contribution is 2.28. The lowest BCUT2D eigenvalue weighted by Crippen LogP contribution is -2.23. The van der Waals surface area contributed by atoms with Crippen LogP contribution in [0.15, 0.2) is 36.7 Å². The molecule has 3 aromatic rings. The van der Waals surface area contributed by atoms with E-state index >= 15 is 0 Å². The van der Waals surface area contributed by atoms with Gasteiger partial charge in [0, 0.05) is 13.0 Å². The van der Waals surface area contributed by atoms with Crippen molar-refractivity contribution in [3.05, 3.63) is 48.0 Å². The molecule has 0 saturated carbocycles. The summed E-state index contributed by atoms with van der Waals surface area (Å²) in [5.41, 5.74) is 1.95. The van der Waals surface area contributed by atoms with Gasteiger partial charge in [-0.1, -0.05) is 37.3 Å². The average Bonchev–Trinajstić information content (AvgIpc) is 3.28. The normalized spacial score (nSPS) is 19.5. The molecule has 144 valence electrons. The summed E-state index contributed by atoms with van der Waals surface area (Å²) in [6, 6.07) is 9.85. The van der Waals surface area contributed by atoms with Gasteiger partial charge in [-0.25, -0.2) is 15.0 Å². The fraction of sp³-hybridized carbons (Fsp3) is 0.316. The van der Waals surface area contributed by atoms with E-state index in [9.17, 15) is 14.7 Å². The van der Waals surface area contributed by atoms with E-state index in [1.54, 1.807) is 0 Å². The van der Waals surface area contributed by atoms with Gasteiger partial charge in [0.05, 0.1) is 12.9 Å². The maximum Gasteiger partial charge on any atom is 0.251 e. The summed E-state index contributed by atoms with van der Waals surface area (Å²) in [5, 5.41) is 12.5. The van der Waals surface area contributed by atoms with E-state index in [-0.39, 0.29) is 0 Å². The van der Waals surface area contributed by atoms with Crippen LogP contribution >= 0.6 is 0 Å². The Morgan fingerprint density at radius 3 is 2.64 bits per heavy atom. The smallest absolute Gasteiger partial charge is 0.251 e. The highest BCUT2D eigenvalue weighted by molar-refractivity contribution is 6.41. The van der Waals surface area contributed by atoms with Crippen LogP contribution in [0, 0.1) is 0 Å². The lowest BCUT2D eigenvalue weighted by Gasteiger charge is -2.12. The number of imidazole rings is 1. The van der Waals surface area contributed by atoms with Crippen molar-refractivity contribution >= 4 is 28.5 Å². The zero-order chi connectivity index (χ0) is 19.7. The van der Waals surface area contributed by atoms with Crippen LogP contribution in [-0.4, -0.2) is 48.9 Å². The Bertz CT molecular complexity index is 1030. The number of anilines is 1. The van der Waals surface area contributed by atoms with Gasteiger partial charge in [-0.3, -0.25) is 14.2 Å². The molecule has 2 atom stereocenters. The van der Waals surface area contributed by atoms with Crippen molar-refractivity contribution in [3.8, 4) is 0 Å². The lowest BCUT2D eigenvalue weighted by atomic mass is 10.2. The molecule has 0 radical (unpaired) electrons. The fourth-order valence-electron chi connectivity index (χ4n) is 3.07. The Hall–Kier alpha value is -3.17. The zero-order valence-electron chi connectivity index (χ0n) is 15.2. The summed E-state index contributed by atoms with van der Waals surface area (Å²) >= 11 is 0. The van der Waals surface area contributed by atoms with E-state index < -0.39 is 30.5 Å². The van der Waals surface area contributed by atoms with Gasteiger partial charge in [0.25, 0.3) is 5.78 Å². The molecule has 4 rings (SSSR count). The molecule has 0 amide bonds. The van der Waals surface area contributed by atoms with Crippen molar-refractivity contribution in [2.24, 2.45) is 0 Å². The van der Waals surface area contributed by atoms with Crippen LogP contribution < -0.4 is 5.32 Å². The summed E-state index contributed by atoms with van der Waals surface area (Å²) in [4.78, 5) is 37.5.